The molecule has 0 spiro atoms. The van der Waals surface area contributed by atoms with Crippen molar-refractivity contribution >= 4 is 11.8 Å². The minimum Gasteiger partial charge on any atom is -0.348 e. The number of pyridine rings is 1. The summed E-state index contributed by atoms with van der Waals surface area (Å²) in [6, 6.07) is 8.47. The van der Waals surface area contributed by atoms with Gasteiger partial charge in [0, 0.05) is 50.7 Å². The third-order valence-electron chi connectivity index (χ3n) is 5.40. The number of likely N-dealkylation sites (N-methyl/N-ethyl adjacent to an activating group) is 1. The predicted octanol–water partition coefficient (Wildman–Crippen LogP) is 1.93. The number of amides is 2. The first-order valence-electron chi connectivity index (χ1n) is 10.1. The van der Waals surface area contributed by atoms with Crippen molar-refractivity contribution in [1.82, 2.24) is 24.6 Å². The number of halogens is 1. The van der Waals surface area contributed by atoms with Gasteiger partial charge in [-0.05, 0) is 37.6 Å². The Balaban J connectivity index is 1.66. The minimum absolute atomic E-state index is 0.188. The van der Waals surface area contributed by atoms with Gasteiger partial charge in [0.15, 0.2) is 0 Å². The number of hydrogen-bond donors (Lipinski definition) is 1. The average molecular weight is 439 g/mol. The summed E-state index contributed by atoms with van der Waals surface area (Å²) in [5, 5.41) is 7.08. The van der Waals surface area contributed by atoms with E-state index in [1.807, 2.05) is 20.9 Å². The van der Waals surface area contributed by atoms with Gasteiger partial charge in [0.25, 0.3) is 11.5 Å². The summed E-state index contributed by atoms with van der Waals surface area (Å²) < 4.78 is 16.0. The highest BCUT2D eigenvalue weighted by molar-refractivity contribution is 5.93. The summed E-state index contributed by atoms with van der Waals surface area (Å²) in [6.07, 6.45) is 1.37. The molecule has 168 valence electrons. The molecule has 9 heteroatoms. The second kappa shape index (κ2) is 9.59. The SMILES string of the molecule is Cc1nn(C)c(C)c1CN(C)C(=O)Cn1cc(C(=O)NCc2ccc(F)cc2)ccc1=O. The van der Waals surface area contributed by atoms with Crippen molar-refractivity contribution in [3.05, 3.63) is 86.8 Å². The molecule has 0 aliphatic carbocycles. The van der Waals surface area contributed by atoms with Crippen molar-refractivity contribution in [3.63, 3.8) is 0 Å². The van der Waals surface area contributed by atoms with E-state index < -0.39 is 5.91 Å². The number of carbonyl (C=O) groups is 2. The second-order valence-corrected chi connectivity index (χ2v) is 7.72. The van der Waals surface area contributed by atoms with Gasteiger partial charge in [-0.1, -0.05) is 12.1 Å². The number of aromatic nitrogens is 3. The van der Waals surface area contributed by atoms with Gasteiger partial charge < -0.3 is 14.8 Å². The topological polar surface area (TPSA) is 89.2 Å². The fourth-order valence-electron chi connectivity index (χ4n) is 3.31. The van der Waals surface area contributed by atoms with Crippen molar-refractivity contribution in [1.29, 1.82) is 0 Å². The maximum atomic E-state index is 13.0. The lowest BCUT2D eigenvalue weighted by Gasteiger charge is -2.18. The van der Waals surface area contributed by atoms with E-state index in [1.54, 1.807) is 23.9 Å². The van der Waals surface area contributed by atoms with Crippen molar-refractivity contribution in [2.45, 2.75) is 33.5 Å². The first kappa shape index (κ1) is 22.9. The van der Waals surface area contributed by atoms with Gasteiger partial charge in [-0.15, -0.1) is 0 Å². The van der Waals surface area contributed by atoms with Crippen molar-refractivity contribution in [3.8, 4) is 0 Å². The monoisotopic (exact) mass is 439 g/mol. The Labute approximate surface area is 185 Å². The number of carbonyl (C=O) groups excluding carboxylic acids is 2. The van der Waals surface area contributed by atoms with Crippen LogP contribution < -0.4 is 10.9 Å². The maximum absolute atomic E-state index is 13.0. The van der Waals surface area contributed by atoms with Crippen molar-refractivity contribution in [2.24, 2.45) is 7.05 Å². The Hall–Kier alpha value is -3.75. The lowest BCUT2D eigenvalue weighted by molar-refractivity contribution is -0.131. The number of rotatable bonds is 7. The molecule has 3 aromatic rings. The summed E-state index contributed by atoms with van der Waals surface area (Å²) in [6.45, 7) is 4.22. The van der Waals surface area contributed by atoms with Crippen LogP contribution in [0, 0.1) is 19.7 Å². The molecule has 2 amide bonds. The smallest absolute Gasteiger partial charge is 0.253 e. The van der Waals surface area contributed by atoms with Gasteiger partial charge in [-0.25, -0.2) is 4.39 Å². The van der Waals surface area contributed by atoms with Crippen LogP contribution in [0.1, 0.15) is 32.9 Å². The van der Waals surface area contributed by atoms with E-state index in [0.29, 0.717) is 6.54 Å². The van der Waals surface area contributed by atoms with E-state index in [1.165, 1.54) is 39.9 Å². The van der Waals surface area contributed by atoms with Gasteiger partial charge in [0.2, 0.25) is 5.91 Å². The van der Waals surface area contributed by atoms with E-state index in [0.717, 1.165) is 22.5 Å². The molecule has 2 heterocycles. The fraction of sp³-hybridized carbons (Fsp3) is 0.304. The quantitative estimate of drug-likeness (QED) is 0.609. The molecule has 0 aliphatic heterocycles. The summed E-state index contributed by atoms with van der Waals surface area (Å²) in [4.78, 5) is 39.0. The molecule has 2 aromatic heterocycles. The Morgan fingerprint density at radius 3 is 2.44 bits per heavy atom. The molecule has 0 saturated heterocycles. The van der Waals surface area contributed by atoms with Crippen LogP contribution in [0.4, 0.5) is 4.39 Å². The first-order chi connectivity index (χ1) is 15.2. The molecular formula is C23H26FN5O3. The Morgan fingerprint density at radius 2 is 1.81 bits per heavy atom. The lowest BCUT2D eigenvalue weighted by Crippen LogP contribution is -2.34. The molecular weight excluding hydrogens is 413 g/mol. The van der Waals surface area contributed by atoms with Gasteiger partial charge in [0.1, 0.15) is 12.4 Å². The number of nitrogens with zero attached hydrogens (tertiary/aromatic N) is 4. The fourth-order valence-corrected chi connectivity index (χ4v) is 3.31. The molecule has 3 rings (SSSR count). The molecule has 0 saturated carbocycles. The van der Waals surface area contributed by atoms with Crippen LogP contribution in [-0.2, 0) is 31.5 Å². The van der Waals surface area contributed by atoms with Crippen LogP contribution in [0.25, 0.3) is 0 Å². The molecule has 0 atom stereocenters. The lowest BCUT2D eigenvalue weighted by atomic mass is 10.2. The van der Waals surface area contributed by atoms with E-state index in [-0.39, 0.29) is 35.9 Å². The number of nitrogens with one attached hydrogen (secondary N) is 1. The molecule has 8 nitrogen and oxygen atoms in total. The predicted molar refractivity (Wildman–Crippen MR) is 117 cm³/mol. The van der Waals surface area contributed by atoms with Crippen LogP contribution in [0.5, 0.6) is 0 Å². The third kappa shape index (κ3) is 5.29. The highest BCUT2D eigenvalue weighted by Crippen LogP contribution is 2.14. The van der Waals surface area contributed by atoms with E-state index in [4.69, 9.17) is 0 Å². The van der Waals surface area contributed by atoms with Crippen LogP contribution >= 0.6 is 0 Å². The number of hydrogen-bond acceptors (Lipinski definition) is 4. The molecule has 0 bridgehead atoms. The molecule has 0 fully saturated rings. The van der Waals surface area contributed by atoms with Crippen molar-refractivity contribution < 1.29 is 14.0 Å². The summed E-state index contributed by atoms with van der Waals surface area (Å²) in [5.74, 6) is -1.01. The minimum atomic E-state index is -0.398. The van der Waals surface area contributed by atoms with Crippen LogP contribution in [-0.4, -0.2) is 38.1 Å². The average Bonchev–Trinajstić information content (AvgIpc) is 3.00. The standard InChI is InChI=1S/C23H26FN5O3/c1-15-20(16(2)28(4)26-15)13-27(3)22(31)14-29-12-18(7-10-21(29)30)23(32)25-11-17-5-8-19(24)9-6-17/h5-10,12H,11,13-14H2,1-4H3,(H,25,32). The Morgan fingerprint density at radius 1 is 1.12 bits per heavy atom. The molecule has 1 aromatic carbocycles. The normalized spacial score (nSPS) is 10.8. The maximum Gasteiger partial charge on any atom is 0.253 e. The first-order valence-corrected chi connectivity index (χ1v) is 10.1. The van der Waals surface area contributed by atoms with Gasteiger partial charge in [0.05, 0.1) is 11.3 Å². The third-order valence-corrected chi connectivity index (χ3v) is 5.40. The van der Waals surface area contributed by atoms with Crippen molar-refractivity contribution in [2.75, 3.05) is 7.05 Å². The van der Waals surface area contributed by atoms with Gasteiger partial charge >= 0.3 is 0 Å². The number of aryl methyl sites for hydroxylation is 2. The number of benzene rings is 1. The highest BCUT2D eigenvalue weighted by atomic mass is 19.1. The Bertz CT molecular complexity index is 1200. The highest BCUT2D eigenvalue weighted by Gasteiger charge is 2.17. The largest absolute Gasteiger partial charge is 0.348 e. The van der Waals surface area contributed by atoms with E-state index in [9.17, 15) is 18.8 Å². The van der Waals surface area contributed by atoms with Gasteiger partial charge in [-0.2, -0.15) is 5.10 Å². The molecule has 0 unspecified atom stereocenters. The molecule has 0 aliphatic rings. The second-order valence-electron chi connectivity index (χ2n) is 7.72. The summed E-state index contributed by atoms with van der Waals surface area (Å²) in [5.41, 5.74) is 3.40. The Kier molecular flexibility index (Phi) is 6.87. The van der Waals surface area contributed by atoms with Crippen LogP contribution in [0.2, 0.25) is 0 Å². The zero-order chi connectivity index (χ0) is 23.4. The van der Waals surface area contributed by atoms with Gasteiger partial charge in [-0.3, -0.25) is 19.1 Å². The van der Waals surface area contributed by atoms with E-state index in [2.05, 4.69) is 10.4 Å². The zero-order valence-corrected chi connectivity index (χ0v) is 18.6. The van der Waals surface area contributed by atoms with E-state index >= 15 is 0 Å². The zero-order valence-electron chi connectivity index (χ0n) is 18.6. The summed E-state index contributed by atoms with van der Waals surface area (Å²) >= 11 is 0. The summed E-state index contributed by atoms with van der Waals surface area (Å²) in [7, 11) is 3.51. The van der Waals surface area contributed by atoms with Crippen LogP contribution in [0.3, 0.4) is 0 Å². The molecule has 1 N–H and O–H groups in total. The molecule has 0 radical (unpaired) electrons. The van der Waals surface area contributed by atoms with Crippen LogP contribution in [0.15, 0.2) is 47.4 Å². The molecule has 32 heavy (non-hydrogen) atoms.